The van der Waals surface area contributed by atoms with E-state index in [1.54, 1.807) is 6.07 Å². The fourth-order valence-corrected chi connectivity index (χ4v) is 2.51. The maximum atomic E-state index is 11.0. The maximum absolute atomic E-state index is 11.0. The molecule has 0 saturated carbocycles. The number of ether oxygens (including phenoxy) is 1. The summed E-state index contributed by atoms with van der Waals surface area (Å²) in [7, 11) is 0. The number of aromatic nitrogens is 1. The fraction of sp³-hybridized carbons (Fsp3) is 0.455. The Balaban J connectivity index is 2.85. The Bertz CT molecular complexity index is 410. The second kappa shape index (κ2) is 6.96. The second-order valence-electron chi connectivity index (χ2n) is 3.47. The molecule has 0 aliphatic rings. The summed E-state index contributed by atoms with van der Waals surface area (Å²) in [6.45, 7) is 2.59. The zero-order valence-corrected chi connectivity index (χ0v) is 12.5. The number of hydrogen-bond acceptors (Lipinski definition) is 3. The van der Waals surface area contributed by atoms with Crippen molar-refractivity contribution in [3.8, 4) is 5.75 Å². The molecule has 0 atom stereocenters. The van der Waals surface area contributed by atoms with Crippen LogP contribution >= 0.6 is 31.9 Å². The number of rotatable bonds is 6. The fourth-order valence-electron chi connectivity index (χ4n) is 1.28. The van der Waals surface area contributed by atoms with Crippen molar-refractivity contribution in [1.82, 2.24) is 4.98 Å². The Labute approximate surface area is 117 Å². The van der Waals surface area contributed by atoms with Crippen molar-refractivity contribution in [3.63, 3.8) is 0 Å². The Morgan fingerprint density at radius 1 is 1.47 bits per heavy atom. The molecule has 1 aromatic heterocycles. The number of pyridine rings is 1. The third-order valence-corrected chi connectivity index (χ3v) is 3.09. The van der Waals surface area contributed by atoms with E-state index in [2.05, 4.69) is 43.8 Å². The molecule has 0 spiro atoms. The molecule has 0 amide bonds. The number of carboxylic acids is 1. The predicted octanol–water partition coefficient (Wildman–Crippen LogP) is 3.87. The monoisotopic (exact) mass is 365 g/mol. The van der Waals surface area contributed by atoms with E-state index in [9.17, 15) is 4.79 Å². The van der Waals surface area contributed by atoms with E-state index in [-0.39, 0.29) is 11.4 Å². The molecule has 1 aromatic rings. The van der Waals surface area contributed by atoms with Crippen LogP contribution in [0.25, 0.3) is 0 Å². The van der Waals surface area contributed by atoms with E-state index in [4.69, 9.17) is 9.84 Å². The maximum Gasteiger partial charge on any atom is 0.358 e. The molecular weight excluding hydrogens is 354 g/mol. The van der Waals surface area contributed by atoms with Crippen molar-refractivity contribution in [2.24, 2.45) is 0 Å². The van der Waals surface area contributed by atoms with Crippen LogP contribution in [0.1, 0.15) is 36.7 Å². The van der Waals surface area contributed by atoms with Crippen LogP contribution in [-0.4, -0.2) is 22.7 Å². The first kappa shape index (κ1) is 14.4. The van der Waals surface area contributed by atoms with Gasteiger partial charge in [-0.05, 0) is 44.3 Å². The third kappa shape index (κ3) is 4.27. The lowest BCUT2D eigenvalue weighted by Crippen LogP contribution is -2.08. The van der Waals surface area contributed by atoms with Gasteiger partial charge in [-0.2, -0.15) is 0 Å². The molecule has 0 unspecified atom stereocenters. The summed E-state index contributed by atoms with van der Waals surface area (Å²) >= 11 is 6.43. The van der Waals surface area contributed by atoms with Crippen LogP contribution in [0.4, 0.5) is 0 Å². The molecule has 0 saturated heterocycles. The lowest BCUT2D eigenvalue weighted by atomic mass is 10.2. The smallest absolute Gasteiger partial charge is 0.358 e. The lowest BCUT2D eigenvalue weighted by Gasteiger charge is -2.10. The van der Waals surface area contributed by atoms with Crippen molar-refractivity contribution >= 4 is 37.8 Å². The number of halogens is 2. The van der Waals surface area contributed by atoms with E-state index in [1.165, 1.54) is 0 Å². The van der Waals surface area contributed by atoms with Gasteiger partial charge >= 0.3 is 5.97 Å². The Morgan fingerprint density at radius 2 is 2.18 bits per heavy atom. The average molecular weight is 367 g/mol. The summed E-state index contributed by atoms with van der Waals surface area (Å²) in [5.41, 5.74) is -0.0808. The topological polar surface area (TPSA) is 59.4 Å². The van der Waals surface area contributed by atoms with Gasteiger partial charge in [0.15, 0.2) is 11.4 Å². The molecule has 1 N–H and O–H groups in total. The standard InChI is InChI=1S/C11H13Br2NO3/c1-2-3-4-5-17-10-7(12)6-8(13)14-9(10)11(15)16/h6H,2-5H2,1H3,(H,15,16). The largest absolute Gasteiger partial charge is 0.490 e. The molecule has 4 nitrogen and oxygen atoms in total. The molecule has 0 bridgehead atoms. The predicted molar refractivity (Wildman–Crippen MR) is 71.6 cm³/mol. The highest BCUT2D eigenvalue weighted by Gasteiger charge is 2.17. The molecule has 0 radical (unpaired) electrons. The van der Waals surface area contributed by atoms with Gasteiger partial charge in [-0.25, -0.2) is 9.78 Å². The summed E-state index contributed by atoms with van der Waals surface area (Å²) in [5.74, 6) is -0.811. The highest BCUT2D eigenvalue weighted by molar-refractivity contribution is 9.11. The number of carbonyl (C=O) groups is 1. The van der Waals surface area contributed by atoms with Crippen LogP contribution in [-0.2, 0) is 0 Å². The molecule has 0 aliphatic carbocycles. The highest BCUT2D eigenvalue weighted by Crippen LogP contribution is 2.30. The van der Waals surface area contributed by atoms with Gasteiger partial charge in [-0.15, -0.1) is 0 Å². The minimum atomic E-state index is -1.10. The Morgan fingerprint density at radius 3 is 2.76 bits per heavy atom. The molecular formula is C11H13Br2NO3. The van der Waals surface area contributed by atoms with E-state index >= 15 is 0 Å². The molecule has 0 aromatic carbocycles. The van der Waals surface area contributed by atoms with Gasteiger partial charge in [-0.1, -0.05) is 19.8 Å². The number of hydrogen-bond donors (Lipinski definition) is 1. The zero-order valence-electron chi connectivity index (χ0n) is 9.37. The molecule has 94 valence electrons. The van der Waals surface area contributed by atoms with Crippen LogP contribution in [0, 0.1) is 0 Å². The first-order valence-electron chi connectivity index (χ1n) is 5.28. The summed E-state index contributed by atoms with van der Waals surface area (Å²) in [6, 6.07) is 1.67. The quantitative estimate of drug-likeness (QED) is 0.613. The first-order valence-corrected chi connectivity index (χ1v) is 6.87. The van der Waals surface area contributed by atoms with E-state index < -0.39 is 5.97 Å². The minimum absolute atomic E-state index is 0.0808. The molecule has 1 rings (SSSR count). The van der Waals surface area contributed by atoms with Crippen molar-refractivity contribution < 1.29 is 14.6 Å². The van der Waals surface area contributed by atoms with E-state index in [0.717, 1.165) is 19.3 Å². The minimum Gasteiger partial charge on any atom is -0.490 e. The molecule has 6 heteroatoms. The number of carboxylic acid groups (broad SMARTS) is 1. The Hall–Kier alpha value is -0.620. The zero-order chi connectivity index (χ0) is 12.8. The Kier molecular flexibility index (Phi) is 5.91. The van der Waals surface area contributed by atoms with Crippen molar-refractivity contribution in [2.75, 3.05) is 6.61 Å². The van der Waals surface area contributed by atoms with Crippen molar-refractivity contribution in [3.05, 3.63) is 20.8 Å². The van der Waals surface area contributed by atoms with Gasteiger partial charge in [0.2, 0.25) is 0 Å². The average Bonchev–Trinajstić information content (AvgIpc) is 2.25. The van der Waals surface area contributed by atoms with E-state index in [0.29, 0.717) is 15.7 Å². The summed E-state index contributed by atoms with van der Waals surface area (Å²) in [6.07, 6.45) is 3.05. The van der Waals surface area contributed by atoms with E-state index in [1.807, 2.05) is 0 Å². The van der Waals surface area contributed by atoms with Gasteiger partial charge in [0.1, 0.15) is 4.60 Å². The van der Waals surface area contributed by atoms with Gasteiger partial charge in [0, 0.05) is 0 Å². The first-order chi connectivity index (χ1) is 8.06. The SMILES string of the molecule is CCCCCOc1c(Br)cc(Br)nc1C(=O)O. The second-order valence-corrected chi connectivity index (χ2v) is 5.13. The highest BCUT2D eigenvalue weighted by atomic mass is 79.9. The number of nitrogens with zero attached hydrogens (tertiary/aromatic N) is 1. The number of unbranched alkanes of at least 4 members (excludes halogenated alkanes) is 2. The molecule has 0 aliphatic heterocycles. The van der Waals surface area contributed by atoms with Crippen LogP contribution in [0.3, 0.4) is 0 Å². The van der Waals surface area contributed by atoms with Gasteiger partial charge in [-0.3, -0.25) is 0 Å². The normalized spacial score (nSPS) is 10.3. The third-order valence-electron chi connectivity index (χ3n) is 2.09. The van der Waals surface area contributed by atoms with Gasteiger partial charge < -0.3 is 9.84 Å². The molecule has 0 fully saturated rings. The van der Waals surface area contributed by atoms with Crippen LogP contribution < -0.4 is 4.74 Å². The lowest BCUT2D eigenvalue weighted by molar-refractivity contribution is 0.0684. The van der Waals surface area contributed by atoms with Gasteiger partial charge in [0.05, 0.1) is 11.1 Å². The number of aromatic carboxylic acids is 1. The molecule has 1 heterocycles. The summed E-state index contributed by atoms with van der Waals surface area (Å²) in [5, 5.41) is 9.03. The van der Waals surface area contributed by atoms with Gasteiger partial charge in [0.25, 0.3) is 0 Å². The van der Waals surface area contributed by atoms with Crippen LogP contribution in [0.15, 0.2) is 15.1 Å². The summed E-state index contributed by atoms with van der Waals surface area (Å²) in [4.78, 5) is 14.9. The van der Waals surface area contributed by atoms with Crippen LogP contribution in [0.2, 0.25) is 0 Å². The van der Waals surface area contributed by atoms with Crippen molar-refractivity contribution in [2.45, 2.75) is 26.2 Å². The summed E-state index contributed by atoms with van der Waals surface area (Å²) < 4.78 is 6.53. The van der Waals surface area contributed by atoms with Crippen molar-refractivity contribution in [1.29, 1.82) is 0 Å². The molecule has 17 heavy (non-hydrogen) atoms. The van der Waals surface area contributed by atoms with Crippen LogP contribution in [0.5, 0.6) is 5.75 Å².